The molecule has 0 spiro atoms. The molecular formula is C46H34Cl2GeZr-4. The van der Waals surface area contributed by atoms with Crippen LogP contribution < -0.4 is 0 Å². The van der Waals surface area contributed by atoms with Gasteiger partial charge in [-0.1, -0.05) is 129 Å². The molecule has 0 aliphatic carbocycles. The van der Waals surface area contributed by atoms with Crippen LogP contribution in [0.15, 0.2) is 194 Å². The van der Waals surface area contributed by atoms with Crippen LogP contribution in [0, 0.1) is 12.1 Å². The van der Waals surface area contributed by atoms with Gasteiger partial charge in [-0.3, -0.25) is 0 Å². The van der Waals surface area contributed by atoms with E-state index in [1.807, 2.05) is 60.7 Å². The van der Waals surface area contributed by atoms with E-state index in [0.717, 1.165) is 0 Å². The van der Waals surface area contributed by atoms with E-state index in [4.69, 9.17) is 0 Å². The van der Waals surface area contributed by atoms with Crippen molar-refractivity contribution in [2.45, 2.75) is 0 Å². The monoisotopic (exact) mass is 820 g/mol. The zero-order chi connectivity index (χ0) is 33.0. The van der Waals surface area contributed by atoms with Gasteiger partial charge >= 0.3 is 33.7 Å². The molecule has 0 fully saturated rings. The van der Waals surface area contributed by atoms with Gasteiger partial charge in [0.15, 0.2) is 0 Å². The molecule has 2 radical (unpaired) electrons. The van der Waals surface area contributed by atoms with Gasteiger partial charge in [0, 0.05) is 0 Å². The van der Waals surface area contributed by atoms with E-state index >= 15 is 0 Å². The van der Waals surface area contributed by atoms with Gasteiger partial charge in [0.25, 0.3) is 0 Å². The largest absolute Gasteiger partial charge is 0.184 e. The molecule has 10 rings (SSSR count). The third-order valence-corrected chi connectivity index (χ3v) is 8.30. The summed E-state index contributed by atoms with van der Waals surface area (Å²) in [5.74, 6) is 0. The third-order valence-electron chi connectivity index (χ3n) is 8.30. The number of halogens is 2. The van der Waals surface area contributed by atoms with E-state index < -0.39 is 0 Å². The second-order valence-electron chi connectivity index (χ2n) is 11.0. The normalized spacial score (nSPS) is 9.82. The van der Waals surface area contributed by atoms with Crippen molar-refractivity contribution in [1.82, 2.24) is 0 Å². The Morgan fingerprint density at radius 2 is 0.560 bits per heavy atom. The second kappa shape index (κ2) is 20.0. The minimum atomic E-state index is 0. The van der Waals surface area contributed by atoms with Crippen LogP contribution in [0.4, 0.5) is 0 Å². The molecule has 0 saturated heterocycles. The molecule has 0 N–H and O–H groups in total. The topological polar surface area (TPSA) is 0 Å². The maximum atomic E-state index is 2.89. The molecule has 0 aromatic heterocycles. The van der Waals surface area contributed by atoms with Crippen molar-refractivity contribution in [3.63, 3.8) is 0 Å². The standard InChI is InChI=1S/2C17H11.2C6H5.2ClH.Ge.Zr/c2*1-3-8-14-12(6-1)13-7-2-4-9-15(13)17-11-5-10-16(14)17;2*1-2-4-6-5-3-1;;;;/h2*1-11H;2*1-5H;2*1H;;/q4*-1;;;;. The first-order valence-electron chi connectivity index (χ1n) is 15.9. The number of fused-ring (bicyclic) bond motifs is 12. The summed E-state index contributed by atoms with van der Waals surface area (Å²) in [7, 11) is 0. The molecular weight excluding hydrogens is 787 g/mol. The van der Waals surface area contributed by atoms with Crippen molar-refractivity contribution in [3.8, 4) is 0 Å². The number of rotatable bonds is 0. The van der Waals surface area contributed by atoms with Gasteiger partial charge in [0.1, 0.15) is 0 Å². The van der Waals surface area contributed by atoms with Crippen LogP contribution in [0.2, 0.25) is 0 Å². The predicted octanol–water partition coefficient (Wildman–Crippen LogP) is 13.2. The van der Waals surface area contributed by atoms with Crippen molar-refractivity contribution in [2.24, 2.45) is 0 Å². The molecule has 0 saturated carbocycles. The Morgan fingerprint density at radius 3 is 0.800 bits per heavy atom. The fourth-order valence-electron chi connectivity index (χ4n) is 6.27. The van der Waals surface area contributed by atoms with Crippen LogP contribution in [0.1, 0.15) is 0 Å². The van der Waals surface area contributed by atoms with Crippen molar-refractivity contribution in [3.05, 3.63) is 206 Å². The molecule has 0 aliphatic rings. The molecule has 0 heterocycles. The quantitative estimate of drug-likeness (QED) is 0.0812. The van der Waals surface area contributed by atoms with Gasteiger partial charge in [-0.15, -0.1) is 58.5 Å². The maximum Gasteiger partial charge on any atom is -0.0293 e. The molecule has 0 atom stereocenters. The summed E-state index contributed by atoms with van der Waals surface area (Å²) in [6.07, 6.45) is 0. The van der Waals surface area contributed by atoms with Crippen LogP contribution in [0.3, 0.4) is 0 Å². The van der Waals surface area contributed by atoms with Crippen LogP contribution in [-0.2, 0) is 21.6 Å². The summed E-state index contributed by atoms with van der Waals surface area (Å²) in [5, 5.41) is 16.2. The van der Waals surface area contributed by atoms with Crippen molar-refractivity contribution in [2.75, 3.05) is 0 Å². The average Bonchev–Trinajstić information content (AvgIpc) is 3.90. The Balaban J connectivity index is 0.000000160. The summed E-state index contributed by atoms with van der Waals surface area (Å²) in [6.45, 7) is 0. The van der Waals surface area contributed by atoms with Crippen LogP contribution in [0.5, 0.6) is 0 Å². The summed E-state index contributed by atoms with van der Waals surface area (Å²) in [6, 6.07) is 72.8. The minimum absolute atomic E-state index is 0. The van der Waals surface area contributed by atoms with Crippen molar-refractivity contribution < 1.29 is 21.6 Å². The van der Waals surface area contributed by atoms with Crippen LogP contribution in [0.25, 0.3) is 64.6 Å². The van der Waals surface area contributed by atoms with Gasteiger partial charge in [-0.25, -0.2) is 0 Å². The van der Waals surface area contributed by atoms with Crippen molar-refractivity contribution in [1.29, 1.82) is 0 Å². The zero-order valence-corrected chi connectivity index (χ0v) is 33.5. The number of hydrogen-bond donors (Lipinski definition) is 0. The molecule has 244 valence electrons. The van der Waals surface area contributed by atoms with E-state index in [1.165, 1.54) is 64.6 Å². The Labute approximate surface area is 326 Å². The summed E-state index contributed by atoms with van der Waals surface area (Å²) < 4.78 is 0. The first-order valence-corrected chi connectivity index (χ1v) is 23.3. The van der Waals surface area contributed by atoms with Gasteiger partial charge in [-0.2, -0.15) is 97.1 Å². The van der Waals surface area contributed by atoms with E-state index in [9.17, 15) is 0 Å². The zero-order valence-electron chi connectivity index (χ0n) is 27.3. The number of hydrogen-bond acceptors (Lipinski definition) is 0. The van der Waals surface area contributed by atoms with Gasteiger partial charge in [0.05, 0.1) is 0 Å². The fraction of sp³-hybridized carbons (Fsp3) is 0. The SMILES string of the molecule is Cl.Cl.[Ge]=[Zr].[c-]1ccccc1.[c-]1ccccc1.c1ccc2c(c1)c1ccccc1c1[cH-]ccc21.c1ccc2c(c1)c1ccccc1c1[cH-]ccc21. The second-order valence-corrected chi connectivity index (χ2v) is 11.0. The molecule has 50 heavy (non-hydrogen) atoms. The van der Waals surface area contributed by atoms with Crippen molar-refractivity contribution >= 4 is 102 Å². The molecule has 10 aromatic rings. The Morgan fingerprint density at radius 1 is 0.320 bits per heavy atom. The van der Waals surface area contributed by atoms with Gasteiger partial charge < -0.3 is 0 Å². The molecule has 0 amide bonds. The third kappa shape index (κ3) is 8.84. The maximum absolute atomic E-state index is 2.89. The average molecular weight is 822 g/mol. The summed E-state index contributed by atoms with van der Waals surface area (Å²) in [5.41, 5.74) is 0. The van der Waals surface area contributed by atoms with E-state index in [-0.39, 0.29) is 24.8 Å². The fourth-order valence-corrected chi connectivity index (χ4v) is 6.27. The smallest absolute Gasteiger partial charge is 0.0293 e. The molecule has 0 unspecified atom stereocenters. The van der Waals surface area contributed by atoms with E-state index in [0.29, 0.717) is 0 Å². The number of benzene rings is 8. The Kier molecular flexibility index (Phi) is 15.5. The first kappa shape index (κ1) is 38.8. The molecule has 0 bridgehead atoms. The first-order chi connectivity index (χ1) is 23.9. The van der Waals surface area contributed by atoms with E-state index in [1.54, 1.807) is 21.6 Å². The minimum Gasteiger partial charge on any atom is -0.184 e. The molecule has 0 aliphatic heterocycles. The summed E-state index contributed by atoms with van der Waals surface area (Å²) >= 11 is 3.64. The van der Waals surface area contributed by atoms with Gasteiger partial charge in [-0.05, 0) is 10.8 Å². The van der Waals surface area contributed by atoms with Crippen LogP contribution >= 0.6 is 24.8 Å². The van der Waals surface area contributed by atoms with Gasteiger partial charge in [0.2, 0.25) is 0 Å². The molecule has 4 heteroatoms. The predicted molar refractivity (Wildman–Crippen MR) is 220 cm³/mol. The van der Waals surface area contributed by atoms with E-state index in [2.05, 4.69) is 158 Å². The molecule has 0 nitrogen and oxygen atoms in total. The van der Waals surface area contributed by atoms with Crippen LogP contribution in [-0.4, -0.2) is 12.1 Å². The Hall–Kier alpha value is -3.97. The Bertz CT molecular complexity index is 2130. The molecule has 10 aromatic carbocycles. The summed E-state index contributed by atoms with van der Waals surface area (Å²) in [4.78, 5) is 0.